The molecule has 0 bridgehead atoms. The first-order chi connectivity index (χ1) is 12.5. The number of aryl methyl sites for hydroxylation is 2. The van der Waals surface area contributed by atoms with E-state index in [-0.39, 0.29) is 18.5 Å². The number of nitrogens with zero attached hydrogens (tertiary/aromatic N) is 5. The molecule has 10 heteroatoms. The van der Waals surface area contributed by atoms with Crippen molar-refractivity contribution in [3.05, 3.63) is 58.0 Å². The zero-order valence-electron chi connectivity index (χ0n) is 14.3. The van der Waals surface area contributed by atoms with Gasteiger partial charge in [0.15, 0.2) is 0 Å². The molecule has 2 amide bonds. The van der Waals surface area contributed by atoms with E-state index in [1.807, 2.05) is 6.92 Å². The molecule has 0 aliphatic heterocycles. The van der Waals surface area contributed by atoms with Gasteiger partial charge in [-0.1, -0.05) is 6.07 Å². The van der Waals surface area contributed by atoms with Gasteiger partial charge in [-0.25, -0.2) is 9.50 Å². The number of fused-ring (bicyclic) bond motifs is 1. The van der Waals surface area contributed by atoms with Crippen molar-refractivity contribution in [2.75, 3.05) is 0 Å². The Bertz CT molecular complexity index is 1040. The molecular formula is C16H17N7O3. The third-order valence-corrected chi connectivity index (χ3v) is 3.88. The van der Waals surface area contributed by atoms with Gasteiger partial charge >= 0.3 is 0 Å². The summed E-state index contributed by atoms with van der Waals surface area (Å²) in [6, 6.07) is 4.58. The lowest BCUT2D eigenvalue weighted by molar-refractivity contribution is -0.128. The minimum atomic E-state index is -0.509. The van der Waals surface area contributed by atoms with Crippen LogP contribution in [0.1, 0.15) is 17.0 Å². The van der Waals surface area contributed by atoms with Crippen LogP contribution in [0.2, 0.25) is 0 Å². The SMILES string of the molecule is Cc1nc2ncnn2c(C)c1CC(=O)NNC(=O)Cn1ccccc1=O. The molecular weight excluding hydrogens is 338 g/mol. The highest BCUT2D eigenvalue weighted by Gasteiger charge is 2.15. The topological polar surface area (TPSA) is 123 Å². The smallest absolute Gasteiger partial charge is 0.258 e. The fraction of sp³-hybridized carbons (Fsp3) is 0.250. The molecule has 10 nitrogen and oxygen atoms in total. The van der Waals surface area contributed by atoms with Crippen LogP contribution in [0.4, 0.5) is 0 Å². The zero-order chi connectivity index (χ0) is 18.7. The Hall–Kier alpha value is -3.56. The largest absolute Gasteiger partial charge is 0.306 e. The molecule has 3 aromatic heterocycles. The minimum absolute atomic E-state index is 0.0199. The number of hydrogen-bond donors (Lipinski definition) is 2. The van der Waals surface area contributed by atoms with Crippen LogP contribution in [0.25, 0.3) is 5.78 Å². The van der Waals surface area contributed by atoms with Crippen LogP contribution in [0.15, 0.2) is 35.5 Å². The molecule has 3 rings (SSSR count). The molecule has 2 N–H and O–H groups in total. The third kappa shape index (κ3) is 3.58. The molecule has 0 aliphatic carbocycles. The molecule has 0 aromatic carbocycles. The van der Waals surface area contributed by atoms with Gasteiger partial charge in [-0.3, -0.25) is 25.2 Å². The summed E-state index contributed by atoms with van der Waals surface area (Å²) in [5, 5.41) is 4.07. The van der Waals surface area contributed by atoms with Crippen LogP contribution < -0.4 is 16.4 Å². The van der Waals surface area contributed by atoms with Gasteiger partial charge < -0.3 is 4.57 Å². The first-order valence-corrected chi connectivity index (χ1v) is 7.84. The van der Waals surface area contributed by atoms with Crippen LogP contribution in [0.5, 0.6) is 0 Å². The Kier molecular flexibility index (Phi) is 4.74. The molecule has 3 aromatic rings. The number of hydrazine groups is 1. The van der Waals surface area contributed by atoms with Crippen molar-refractivity contribution in [3.8, 4) is 0 Å². The van der Waals surface area contributed by atoms with Gasteiger partial charge in [0.1, 0.15) is 12.9 Å². The van der Waals surface area contributed by atoms with Crippen molar-refractivity contribution < 1.29 is 9.59 Å². The molecule has 134 valence electrons. The summed E-state index contributed by atoms with van der Waals surface area (Å²) >= 11 is 0. The van der Waals surface area contributed by atoms with Crippen molar-refractivity contribution in [2.24, 2.45) is 0 Å². The number of rotatable bonds is 4. The van der Waals surface area contributed by atoms with Crippen molar-refractivity contribution >= 4 is 17.6 Å². The maximum atomic E-state index is 12.1. The lowest BCUT2D eigenvalue weighted by Gasteiger charge is -2.11. The second-order valence-corrected chi connectivity index (χ2v) is 5.67. The molecule has 0 atom stereocenters. The molecule has 0 unspecified atom stereocenters. The molecule has 26 heavy (non-hydrogen) atoms. The fourth-order valence-corrected chi connectivity index (χ4v) is 2.54. The van der Waals surface area contributed by atoms with Gasteiger partial charge in [0.05, 0.1) is 6.42 Å². The minimum Gasteiger partial charge on any atom is -0.306 e. The van der Waals surface area contributed by atoms with Crippen molar-refractivity contribution in [2.45, 2.75) is 26.8 Å². The number of nitrogens with one attached hydrogen (secondary N) is 2. The van der Waals surface area contributed by atoms with E-state index in [0.29, 0.717) is 17.0 Å². The van der Waals surface area contributed by atoms with Crippen LogP contribution in [-0.2, 0) is 22.6 Å². The van der Waals surface area contributed by atoms with E-state index in [9.17, 15) is 14.4 Å². The third-order valence-electron chi connectivity index (χ3n) is 3.88. The Balaban J connectivity index is 1.62. The second-order valence-electron chi connectivity index (χ2n) is 5.67. The van der Waals surface area contributed by atoms with Crippen LogP contribution >= 0.6 is 0 Å². The summed E-state index contributed by atoms with van der Waals surface area (Å²) in [4.78, 5) is 43.9. The Labute approximate surface area is 147 Å². The average Bonchev–Trinajstić information content (AvgIpc) is 3.07. The number of carbonyl (C=O) groups is 2. The maximum absolute atomic E-state index is 12.1. The number of pyridine rings is 1. The Morgan fingerprint density at radius 1 is 1.15 bits per heavy atom. The van der Waals surface area contributed by atoms with Gasteiger partial charge in [-0.15, -0.1) is 0 Å². The molecule has 0 radical (unpaired) electrons. The Morgan fingerprint density at radius 2 is 1.92 bits per heavy atom. The standard InChI is InChI=1S/C16H17N7O3/c1-10-12(11(2)23-16(19-10)17-9-18-23)7-13(24)20-21-14(25)8-22-6-4-3-5-15(22)26/h3-6,9H,7-8H2,1-2H3,(H,20,24)(H,21,25). The quantitative estimate of drug-likeness (QED) is 0.596. The summed E-state index contributed by atoms with van der Waals surface area (Å²) in [5.74, 6) is -0.457. The predicted octanol–water partition coefficient (Wildman–Crippen LogP) is -0.707. The van der Waals surface area contributed by atoms with E-state index in [1.54, 1.807) is 23.6 Å². The molecule has 3 heterocycles. The number of aromatic nitrogens is 5. The monoisotopic (exact) mass is 355 g/mol. The number of amides is 2. The maximum Gasteiger partial charge on any atom is 0.258 e. The molecule has 0 spiro atoms. The lowest BCUT2D eigenvalue weighted by Crippen LogP contribution is -2.44. The molecule has 0 saturated carbocycles. The van der Waals surface area contributed by atoms with Crippen LogP contribution in [0, 0.1) is 13.8 Å². The first kappa shape index (κ1) is 17.3. The van der Waals surface area contributed by atoms with E-state index in [2.05, 4.69) is 25.9 Å². The fourth-order valence-electron chi connectivity index (χ4n) is 2.54. The Morgan fingerprint density at radius 3 is 2.69 bits per heavy atom. The summed E-state index contributed by atoms with van der Waals surface area (Å²) < 4.78 is 2.79. The van der Waals surface area contributed by atoms with Crippen molar-refractivity contribution in [3.63, 3.8) is 0 Å². The van der Waals surface area contributed by atoms with E-state index in [0.717, 1.165) is 5.69 Å². The van der Waals surface area contributed by atoms with Crippen LogP contribution in [0.3, 0.4) is 0 Å². The predicted molar refractivity (Wildman–Crippen MR) is 90.9 cm³/mol. The average molecular weight is 355 g/mol. The number of carbonyl (C=O) groups excluding carboxylic acids is 2. The summed E-state index contributed by atoms with van der Waals surface area (Å²) in [7, 11) is 0. The summed E-state index contributed by atoms with van der Waals surface area (Å²) in [6.45, 7) is 3.41. The van der Waals surface area contributed by atoms with E-state index < -0.39 is 11.8 Å². The highest BCUT2D eigenvalue weighted by Crippen LogP contribution is 2.13. The van der Waals surface area contributed by atoms with Gasteiger partial charge in [-0.05, 0) is 19.9 Å². The van der Waals surface area contributed by atoms with E-state index in [1.165, 1.54) is 23.2 Å². The van der Waals surface area contributed by atoms with E-state index >= 15 is 0 Å². The summed E-state index contributed by atoms with van der Waals surface area (Å²) in [6.07, 6.45) is 2.91. The normalized spacial score (nSPS) is 10.7. The lowest BCUT2D eigenvalue weighted by atomic mass is 10.1. The highest BCUT2D eigenvalue weighted by atomic mass is 16.2. The van der Waals surface area contributed by atoms with Gasteiger partial charge in [0.2, 0.25) is 5.91 Å². The van der Waals surface area contributed by atoms with E-state index in [4.69, 9.17) is 0 Å². The van der Waals surface area contributed by atoms with Crippen LogP contribution in [-0.4, -0.2) is 36.0 Å². The van der Waals surface area contributed by atoms with Gasteiger partial charge in [-0.2, -0.15) is 10.1 Å². The van der Waals surface area contributed by atoms with Gasteiger partial charge in [0, 0.05) is 29.2 Å². The highest BCUT2D eigenvalue weighted by molar-refractivity contribution is 5.83. The van der Waals surface area contributed by atoms with Crippen molar-refractivity contribution in [1.29, 1.82) is 0 Å². The zero-order valence-corrected chi connectivity index (χ0v) is 14.3. The first-order valence-electron chi connectivity index (χ1n) is 7.84. The van der Waals surface area contributed by atoms with Gasteiger partial charge in [0.25, 0.3) is 17.2 Å². The molecule has 0 fully saturated rings. The second kappa shape index (κ2) is 7.13. The van der Waals surface area contributed by atoms with Crippen molar-refractivity contribution in [1.82, 2.24) is 35.0 Å². The number of hydrogen-bond acceptors (Lipinski definition) is 6. The molecule has 0 aliphatic rings. The summed E-state index contributed by atoms with van der Waals surface area (Å²) in [5.41, 5.74) is 6.46. The molecule has 0 saturated heterocycles.